The molecule has 0 aliphatic heterocycles. The second kappa shape index (κ2) is 14.1. The van der Waals surface area contributed by atoms with Gasteiger partial charge in [0.1, 0.15) is 22.5 Å². The molecule has 0 saturated carbocycles. The van der Waals surface area contributed by atoms with Crippen LogP contribution in [0.3, 0.4) is 0 Å². The van der Waals surface area contributed by atoms with E-state index in [9.17, 15) is 33.0 Å². The first-order chi connectivity index (χ1) is 17.4. The molecular weight excluding hydrogens is 515 g/mol. The maximum absolute atomic E-state index is 14.1. The molecule has 0 fully saturated rings. The summed E-state index contributed by atoms with van der Waals surface area (Å²) in [5.41, 5.74) is 4.42. The molecule has 14 heteroatoms. The second-order valence-electron chi connectivity index (χ2n) is 8.62. The number of nitrogens with one attached hydrogen (secondary N) is 2. The molecule has 6 N–H and O–H groups in total. The molecule has 2 aromatic rings. The lowest BCUT2D eigenvalue weighted by Crippen LogP contribution is -2.37. The highest BCUT2D eigenvalue weighted by Gasteiger charge is 2.27. The van der Waals surface area contributed by atoms with E-state index in [-0.39, 0.29) is 16.4 Å². The molecule has 3 unspecified atom stereocenters. The molecule has 206 valence electrons. The third-order valence-electron chi connectivity index (χ3n) is 5.14. The van der Waals surface area contributed by atoms with Gasteiger partial charge >= 0.3 is 6.03 Å². The number of primary amides is 1. The number of carbonyl (C=O) groups is 2. The van der Waals surface area contributed by atoms with Crippen molar-refractivity contribution in [3.05, 3.63) is 40.7 Å². The Labute approximate surface area is 216 Å². The zero-order chi connectivity index (χ0) is 27.7. The van der Waals surface area contributed by atoms with Crippen molar-refractivity contribution in [3.63, 3.8) is 0 Å². The highest BCUT2D eigenvalue weighted by Crippen LogP contribution is 2.34. The van der Waals surface area contributed by atoms with Crippen LogP contribution in [0.25, 0.3) is 0 Å². The molecular formula is C23H32F3N5O5S. The standard InChI is InChI=1S/C23H32F3N5O5S/c1-12(32)10-31(11-13(2)33)9-5-4-8-28-23(35)29-22-18(20(27)34)21(30-37-22)36-14(3)17-15(24)6-7-16(25)19(17)26/h6-7,12-14,32-33H,4-5,8-11H2,1-3H3,(H2,27,34)(H2,28,29,35). The van der Waals surface area contributed by atoms with E-state index in [1.165, 1.54) is 6.92 Å². The van der Waals surface area contributed by atoms with Crippen LogP contribution in [-0.2, 0) is 0 Å². The minimum Gasteiger partial charge on any atom is -0.468 e. The Hall–Kier alpha value is -2.94. The summed E-state index contributed by atoms with van der Waals surface area (Å²) in [6.45, 7) is 6.32. The summed E-state index contributed by atoms with van der Waals surface area (Å²) >= 11 is 0.677. The predicted octanol–water partition coefficient (Wildman–Crippen LogP) is 2.76. The van der Waals surface area contributed by atoms with Crippen LogP contribution < -0.4 is 21.1 Å². The van der Waals surface area contributed by atoms with Crippen molar-refractivity contribution < 1.29 is 37.7 Å². The maximum atomic E-state index is 14.1. The van der Waals surface area contributed by atoms with Crippen LogP contribution in [-0.4, -0.2) is 69.8 Å². The van der Waals surface area contributed by atoms with Gasteiger partial charge in [-0.15, -0.1) is 0 Å². The molecule has 0 radical (unpaired) electrons. The molecule has 0 bridgehead atoms. The molecule has 0 aliphatic carbocycles. The Kier molecular flexibility index (Phi) is 11.6. The van der Waals surface area contributed by atoms with Crippen molar-refractivity contribution in [2.24, 2.45) is 5.73 Å². The smallest absolute Gasteiger partial charge is 0.319 e. The zero-order valence-electron chi connectivity index (χ0n) is 20.8. The minimum absolute atomic E-state index is 0.0348. The van der Waals surface area contributed by atoms with Gasteiger partial charge in [0, 0.05) is 19.6 Å². The number of hydrogen-bond acceptors (Lipinski definition) is 8. The zero-order valence-corrected chi connectivity index (χ0v) is 21.6. The normalized spacial score (nSPS) is 13.8. The molecule has 3 atom stereocenters. The molecule has 1 heterocycles. The van der Waals surface area contributed by atoms with Gasteiger partial charge in [-0.05, 0) is 63.8 Å². The van der Waals surface area contributed by atoms with Crippen molar-refractivity contribution >= 4 is 28.5 Å². The fourth-order valence-corrected chi connectivity index (χ4v) is 4.34. The van der Waals surface area contributed by atoms with Gasteiger partial charge in [0.15, 0.2) is 11.6 Å². The highest BCUT2D eigenvalue weighted by atomic mass is 32.1. The number of anilines is 1. The van der Waals surface area contributed by atoms with E-state index in [4.69, 9.17) is 10.5 Å². The molecule has 2 rings (SSSR count). The van der Waals surface area contributed by atoms with Crippen LogP contribution in [0.2, 0.25) is 0 Å². The van der Waals surface area contributed by atoms with Gasteiger partial charge in [-0.25, -0.2) is 18.0 Å². The van der Waals surface area contributed by atoms with Crippen molar-refractivity contribution in [3.8, 4) is 5.88 Å². The SMILES string of the molecule is CC(O)CN(CCCCNC(=O)Nc1snc(OC(C)c2c(F)ccc(F)c2F)c1C(N)=O)CC(C)O. The van der Waals surface area contributed by atoms with Gasteiger partial charge in [0.2, 0.25) is 5.88 Å². The third kappa shape index (κ3) is 9.14. The summed E-state index contributed by atoms with van der Waals surface area (Å²) in [5, 5.41) is 24.2. The fourth-order valence-electron chi connectivity index (χ4n) is 3.61. The van der Waals surface area contributed by atoms with Crippen molar-refractivity contribution in [2.75, 3.05) is 31.5 Å². The largest absolute Gasteiger partial charge is 0.468 e. The molecule has 0 saturated heterocycles. The molecule has 37 heavy (non-hydrogen) atoms. The van der Waals surface area contributed by atoms with E-state index >= 15 is 0 Å². The Morgan fingerprint density at radius 2 is 1.73 bits per heavy atom. The number of rotatable bonds is 14. The summed E-state index contributed by atoms with van der Waals surface area (Å²) in [5.74, 6) is -5.10. The van der Waals surface area contributed by atoms with Gasteiger partial charge < -0.3 is 26.0 Å². The summed E-state index contributed by atoms with van der Waals surface area (Å²) in [6.07, 6.45) is -1.14. The van der Waals surface area contributed by atoms with Crippen LogP contribution in [0.4, 0.5) is 23.0 Å². The fraction of sp³-hybridized carbons (Fsp3) is 0.522. The van der Waals surface area contributed by atoms with Crippen molar-refractivity contribution in [2.45, 2.75) is 51.9 Å². The number of nitrogens with two attached hydrogens (primary N) is 1. The first-order valence-corrected chi connectivity index (χ1v) is 12.4. The van der Waals surface area contributed by atoms with Gasteiger partial charge in [0.25, 0.3) is 5.91 Å². The lowest BCUT2D eigenvalue weighted by Gasteiger charge is -2.24. The molecule has 10 nitrogen and oxygen atoms in total. The van der Waals surface area contributed by atoms with E-state index in [0.29, 0.717) is 56.6 Å². The van der Waals surface area contributed by atoms with Gasteiger partial charge in [-0.1, -0.05) is 0 Å². The maximum Gasteiger partial charge on any atom is 0.319 e. The van der Waals surface area contributed by atoms with E-state index in [1.54, 1.807) is 13.8 Å². The van der Waals surface area contributed by atoms with Gasteiger partial charge in [-0.3, -0.25) is 15.0 Å². The van der Waals surface area contributed by atoms with Gasteiger partial charge in [0.05, 0.1) is 17.8 Å². The Morgan fingerprint density at radius 1 is 1.11 bits per heavy atom. The first kappa shape index (κ1) is 30.3. The number of nitrogens with zero attached hydrogens (tertiary/aromatic N) is 2. The third-order valence-corrected chi connectivity index (χ3v) is 5.89. The monoisotopic (exact) mass is 547 g/mol. The number of urea groups is 1. The molecule has 1 aromatic carbocycles. The average Bonchev–Trinajstić information content (AvgIpc) is 3.17. The molecule has 1 aromatic heterocycles. The van der Waals surface area contributed by atoms with E-state index < -0.39 is 53.3 Å². The van der Waals surface area contributed by atoms with Crippen LogP contribution in [0.1, 0.15) is 55.6 Å². The summed E-state index contributed by atoms with van der Waals surface area (Å²) < 4.78 is 51.0. The highest BCUT2D eigenvalue weighted by molar-refractivity contribution is 7.11. The number of benzene rings is 1. The minimum atomic E-state index is -1.43. The van der Waals surface area contributed by atoms with Crippen molar-refractivity contribution in [1.82, 2.24) is 14.6 Å². The van der Waals surface area contributed by atoms with Crippen molar-refractivity contribution in [1.29, 1.82) is 0 Å². The van der Waals surface area contributed by atoms with E-state index in [2.05, 4.69) is 15.0 Å². The van der Waals surface area contributed by atoms with Crippen LogP contribution in [0, 0.1) is 17.5 Å². The van der Waals surface area contributed by atoms with E-state index in [1.807, 2.05) is 4.90 Å². The number of amides is 3. The Bertz CT molecular complexity index is 1060. The average molecular weight is 548 g/mol. The molecule has 0 spiro atoms. The number of unbranched alkanes of at least 4 members (excludes halogenated alkanes) is 1. The quantitative estimate of drug-likeness (QED) is 0.180. The number of aliphatic hydroxyl groups excluding tert-OH is 2. The number of carbonyl (C=O) groups excluding carboxylic acids is 2. The lowest BCUT2D eigenvalue weighted by atomic mass is 10.1. The first-order valence-electron chi connectivity index (χ1n) is 11.6. The molecule has 3 amide bonds. The van der Waals surface area contributed by atoms with Crippen LogP contribution in [0.5, 0.6) is 5.88 Å². The van der Waals surface area contributed by atoms with E-state index in [0.717, 1.165) is 6.07 Å². The predicted molar refractivity (Wildman–Crippen MR) is 132 cm³/mol. The van der Waals surface area contributed by atoms with Crippen LogP contribution in [0.15, 0.2) is 12.1 Å². The number of aliphatic hydroxyl groups is 2. The Balaban J connectivity index is 1.94. The van der Waals surface area contributed by atoms with Gasteiger partial charge in [-0.2, -0.15) is 4.37 Å². The summed E-state index contributed by atoms with van der Waals surface area (Å²) in [4.78, 5) is 26.2. The Morgan fingerprint density at radius 3 is 2.32 bits per heavy atom. The van der Waals surface area contributed by atoms with Crippen LogP contribution >= 0.6 is 11.5 Å². The summed E-state index contributed by atoms with van der Waals surface area (Å²) in [7, 11) is 0. The number of aromatic nitrogens is 1. The second-order valence-corrected chi connectivity index (χ2v) is 9.39. The molecule has 0 aliphatic rings. The summed E-state index contributed by atoms with van der Waals surface area (Å²) in [6, 6.07) is 0.747. The number of hydrogen-bond donors (Lipinski definition) is 5. The lowest BCUT2D eigenvalue weighted by molar-refractivity contribution is 0.0826. The number of halogens is 3. The number of ether oxygens (including phenoxy) is 1. The topological polar surface area (TPSA) is 150 Å².